The minimum absolute atomic E-state index is 0.100. The second-order valence-corrected chi connectivity index (χ2v) is 5.86. The molecular weight excluding hydrogens is 284 g/mol. The number of hydrogen-bond acceptors (Lipinski definition) is 2. The van der Waals surface area contributed by atoms with Gasteiger partial charge in [0.1, 0.15) is 5.69 Å². The molecular formula is C20H20N2O. The van der Waals surface area contributed by atoms with E-state index in [0.29, 0.717) is 12.1 Å². The summed E-state index contributed by atoms with van der Waals surface area (Å²) in [6.07, 6.45) is 1.40. The molecule has 0 bridgehead atoms. The molecule has 1 N–H and O–H groups in total. The Morgan fingerprint density at radius 2 is 1.91 bits per heavy atom. The maximum absolute atomic E-state index is 11.8. The average molecular weight is 304 g/mol. The largest absolute Gasteiger partial charge is 0.319 e. The van der Waals surface area contributed by atoms with Crippen molar-refractivity contribution in [3.8, 4) is 0 Å². The van der Waals surface area contributed by atoms with Gasteiger partial charge in [0.05, 0.1) is 11.0 Å². The van der Waals surface area contributed by atoms with Crippen LogP contribution in [0.1, 0.15) is 29.3 Å². The first-order valence-corrected chi connectivity index (χ1v) is 7.83. The van der Waals surface area contributed by atoms with Crippen molar-refractivity contribution >= 4 is 16.6 Å². The number of rotatable bonds is 4. The van der Waals surface area contributed by atoms with E-state index in [0.717, 1.165) is 34.2 Å². The molecule has 3 aromatic rings. The van der Waals surface area contributed by atoms with Crippen LogP contribution in [0.2, 0.25) is 0 Å². The van der Waals surface area contributed by atoms with E-state index in [9.17, 15) is 4.79 Å². The van der Waals surface area contributed by atoms with Crippen molar-refractivity contribution in [1.29, 1.82) is 0 Å². The minimum atomic E-state index is -0.100. The number of fused-ring (bicyclic) bond motifs is 1. The second kappa shape index (κ2) is 6.21. The summed E-state index contributed by atoms with van der Waals surface area (Å²) in [5.74, 6) is 0. The number of aryl methyl sites for hydroxylation is 2. The topological polar surface area (TPSA) is 45.8 Å². The maximum atomic E-state index is 11.8. The van der Waals surface area contributed by atoms with Crippen LogP contribution in [0.25, 0.3) is 16.6 Å². The van der Waals surface area contributed by atoms with Crippen LogP contribution >= 0.6 is 0 Å². The normalized spacial score (nSPS) is 10.9. The number of nitrogens with zero attached hydrogens (tertiary/aromatic N) is 1. The molecule has 0 saturated heterocycles. The summed E-state index contributed by atoms with van der Waals surface area (Å²) in [6, 6.07) is 14.4. The van der Waals surface area contributed by atoms with Gasteiger partial charge in [0.2, 0.25) is 0 Å². The molecule has 1 heterocycles. The number of H-pyrrole nitrogens is 1. The van der Waals surface area contributed by atoms with Gasteiger partial charge in [-0.1, -0.05) is 49.4 Å². The van der Waals surface area contributed by atoms with Crippen molar-refractivity contribution in [2.45, 2.75) is 26.7 Å². The third kappa shape index (κ3) is 3.24. The number of benzene rings is 2. The number of nitrogens with one attached hydrogen (secondary N) is 1. The van der Waals surface area contributed by atoms with E-state index >= 15 is 0 Å². The van der Waals surface area contributed by atoms with Gasteiger partial charge < -0.3 is 4.98 Å². The lowest BCUT2D eigenvalue weighted by atomic mass is 9.98. The Balaban J connectivity index is 1.91. The van der Waals surface area contributed by atoms with E-state index in [-0.39, 0.29) is 5.56 Å². The average Bonchev–Trinajstić information content (AvgIpc) is 2.55. The first kappa shape index (κ1) is 15.2. The molecule has 0 fully saturated rings. The number of hydrogen-bond donors (Lipinski definition) is 1. The lowest BCUT2D eigenvalue weighted by Gasteiger charge is -2.08. The monoisotopic (exact) mass is 304 g/mol. The molecule has 23 heavy (non-hydrogen) atoms. The Morgan fingerprint density at radius 3 is 2.61 bits per heavy atom. The van der Waals surface area contributed by atoms with Gasteiger partial charge in [-0.3, -0.25) is 4.79 Å². The molecule has 3 heteroatoms. The van der Waals surface area contributed by atoms with Gasteiger partial charge >= 0.3 is 0 Å². The number of aromatic amines is 1. The van der Waals surface area contributed by atoms with Crippen molar-refractivity contribution < 1.29 is 0 Å². The van der Waals surface area contributed by atoms with Crippen molar-refractivity contribution in [3.63, 3.8) is 0 Å². The zero-order valence-electron chi connectivity index (χ0n) is 13.5. The molecule has 1 aromatic heterocycles. The van der Waals surface area contributed by atoms with Crippen molar-refractivity contribution in [2.24, 2.45) is 0 Å². The zero-order valence-corrected chi connectivity index (χ0v) is 13.5. The summed E-state index contributed by atoms with van der Waals surface area (Å²) in [6.45, 7) is 8.21. The standard InChI is InChI=1S/C20H20N2O/c1-4-17-20(23)22-18-10-7-15(12-19(18)21-17)11-14(3)16-8-5-13(2)6-9-16/h5-10,12H,3-4,11H2,1-2H3,(H,22,23). The molecule has 0 atom stereocenters. The predicted octanol–water partition coefficient (Wildman–Crippen LogP) is 4.05. The molecule has 0 amide bonds. The molecule has 0 spiro atoms. The second-order valence-electron chi connectivity index (χ2n) is 5.86. The Bertz CT molecular complexity index is 921. The fraction of sp³-hybridized carbons (Fsp3) is 0.200. The molecule has 3 rings (SSSR count). The van der Waals surface area contributed by atoms with Crippen LogP contribution in [0, 0.1) is 6.92 Å². The molecule has 0 aliphatic carbocycles. The molecule has 0 radical (unpaired) electrons. The predicted molar refractivity (Wildman–Crippen MR) is 95.7 cm³/mol. The highest BCUT2D eigenvalue weighted by Gasteiger charge is 2.06. The summed E-state index contributed by atoms with van der Waals surface area (Å²) < 4.78 is 0. The zero-order chi connectivity index (χ0) is 16.4. The lowest BCUT2D eigenvalue weighted by Crippen LogP contribution is -2.14. The van der Waals surface area contributed by atoms with Crippen LogP contribution in [0.15, 0.2) is 53.8 Å². The molecule has 3 nitrogen and oxygen atoms in total. The quantitative estimate of drug-likeness (QED) is 0.790. The lowest BCUT2D eigenvalue weighted by molar-refractivity contribution is 0.995. The maximum Gasteiger partial charge on any atom is 0.270 e. The summed E-state index contributed by atoms with van der Waals surface area (Å²) in [4.78, 5) is 19.2. The molecule has 116 valence electrons. The molecule has 2 aromatic carbocycles. The number of aromatic nitrogens is 2. The van der Waals surface area contributed by atoms with E-state index in [2.05, 4.69) is 47.7 Å². The summed E-state index contributed by atoms with van der Waals surface area (Å²) >= 11 is 0. The van der Waals surface area contributed by atoms with Crippen LogP contribution in [-0.4, -0.2) is 9.97 Å². The van der Waals surface area contributed by atoms with Gasteiger partial charge in [0.25, 0.3) is 5.56 Å². The highest BCUT2D eigenvalue weighted by Crippen LogP contribution is 2.20. The fourth-order valence-electron chi connectivity index (χ4n) is 2.65. The first-order valence-electron chi connectivity index (χ1n) is 7.83. The van der Waals surface area contributed by atoms with Gasteiger partial charge in [-0.2, -0.15) is 0 Å². The van der Waals surface area contributed by atoms with Gasteiger partial charge in [-0.05, 0) is 48.6 Å². The van der Waals surface area contributed by atoms with Crippen LogP contribution in [0.3, 0.4) is 0 Å². The third-order valence-corrected chi connectivity index (χ3v) is 4.04. The Kier molecular flexibility index (Phi) is 4.11. The number of allylic oxidation sites excluding steroid dienone is 1. The van der Waals surface area contributed by atoms with Crippen molar-refractivity contribution in [1.82, 2.24) is 9.97 Å². The summed E-state index contributed by atoms with van der Waals surface area (Å²) in [5.41, 5.74) is 6.69. The first-order chi connectivity index (χ1) is 11.1. The SMILES string of the molecule is C=C(Cc1ccc2[nH]c(=O)c(CC)nc2c1)c1ccc(C)cc1. The van der Waals surface area contributed by atoms with Gasteiger partial charge in [-0.25, -0.2) is 4.98 Å². The Labute approximate surface area is 135 Å². The van der Waals surface area contributed by atoms with E-state index < -0.39 is 0 Å². The van der Waals surface area contributed by atoms with Crippen LogP contribution < -0.4 is 5.56 Å². The van der Waals surface area contributed by atoms with E-state index in [1.165, 1.54) is 5.56 Å². The summed E-state index contributed by atoms with van der Waals surface area (Å²) in [5, 5.41) is 0. The van der Waals surface area contributed by atoms with E-state index in [4.69, 9.17) is 0 Å². The highest BCUT2D eigenvalue weighted by atomic mass is 16.1. The summed E-state index contributed by atoms with van der Waals surface area (Å²) in [7, 11) is 0. The van der Waals surface area contributed by atoms with Crippen LogP contribution in [0.5, 0.6) is 0 Å². The van der Waals surface area contributed by atoms with E-state index in [1.54, 1.807) is 0 Å². The fourth-order valence-corrected chi connectivity index (χ4v) is 2.65. The molecule has 0 aliphatic rings. The molecule has 0 aliphatic heterocycles. The minimum Gasteiger partial charge on any atom is -0.319 e. The Morgan fingerprint density at radius 1 is 1.17 bits per heavy atom. The molecule has 0 saturated carbocycles. The molecule has 0 unspecified atom stereocenters. The Hall–Kier alpha value is -2.68. The van der Waals surface area contributed by atoms with Crippen molar-refractivity contribution in [3.05, 3.63) is 81.8 Å². The van der Waals surface area contributed by atoms with Gasteiger partial charge in [0.15, 0.2) is 0 Å². The smallest absolute Gasteiger partial charge is 0.270 e. The van der Waals surface area contributed by atoms with Crippen LogP contribution in [0.4, 0.5) is 0 Å². The van der Waals surface area contributed by atoms with Crippen LogP contribution in [-0.2, 0) is 12.8 Å². The van der Waals surface area contributed by atoms with Gasteiger partial charge in [0, 0.05) is 0 Å². The highest BCUT2D eigenvalue weighted by molar-refractivity contribution is 5.76. The van der Waals surface area contributed by atoms with Crippen molar-refractivity contribution in [2.75, 3.05) is 0 Å². The van der Waals surface area contributed by atoms with Gasteiger partial charge in [-0.15, -0.1) is 0 Å². The third-order valence-electron chi connectivity index (χ3n) is 4.04. The van der Waals surface area contributed by atoms with E-state index in [1.807, 2.05) is 25.1 Å².